The Morgan fingerprint density at radius 3 is 2.06 bits per heavy atom. The quantitative estimate of drug-likeness (QED) is 0.611. The molecule has 1 amide bonds. The van der Waals surface area contributed by atoms with E-state index >= 15 is 0 Å². The third kappa shape index (κ3) is 3.96. The van der Waals surface area contributed by atoms with Gasteiger partial charge in [0.1, 0.15) is 0 Å². The van der Waals surface area contributed by atoms with Crippen LogP contribution >= 0.6 is 11.6 Å². The number of aryl methyl sites for hydroxylation is 1. The zero-order valence-corrected chi connectivity index (χ0v) is 19.1. The van der Waals surface area contributed by atoms with Crippen LogP contribution in [0.4, 0.5) is 11.4 Å². The minimum absolute atomic E-state index is 0.0597. The second-order valence-electron chi connectivity index (χ2n) is 9.74. The molecule has 0 unspecified atom stereocenters. The molecule has 4 aliphatic carbocycles. The highest BCUT2D eigenvalue weighted by atomic mass is 35.5. The van der Waals surface area contributed by atoms with Crippen molar-refractivity contribution in [3.8, 4) is 0 Å². The molecular formula is C24H27ClN2O3S. The fourth-order valence-corrected chi connectivity index (χ4v) is 7.80. The van der Waals surface area contributed by atoms with Gasteiger partial charge in [0.15, 0.2) is 0 Å². The van der Waals surface area contributed by atoms with Gasteiger partial charge in [0.25, 0.3) is 10.0 Å². The van der Waals surface area contributed by atoms with Crippen LogP contribution < -0.4 is 10.0 Å². The number of nitrogens with one attached hydrogen (secondary N) is 2. The molecule has 6 rings (SSSR count). The van der Waals surface area contributed by atoms with E-state index in [1.165, 1.54) is 19.3 Å². The molecule has 4 bridgehead atoms. The summed E-state index contributed by atoms with van der Waals surface area (Å²) >= 11 is 5.89. The Balaban J connectivity index is 1.37. The first kappa shape index (κ1) is 20.8. The zero-order valence-electron chi connectivity index (χ0n) is 17.5. The van der Waals surface area contributed by atoms with E-state index in [-0.39, 0.29) is 16.2 Å². The van der Waals surface area contributed by atoms with Gasteiger partial charge in [-0.25, -0.2) is 8.42 Å². The average Bonchev–Trinajstić information content (AvgIpc) is 2.70. The van der Waals surface area contributed by atoms with Crippen molar-refractivity contribution in [2.45, 2.75) is 50.3 Å². The summed E-state index contributed by atoms with van der Waals surface area (Å²) in [4.78, 5) is 13.5. The summed E-state index contributed by atoms with van der Waals surface area (Å²) in [5.41, 5.74) is 1.31. The highest BCUT2D eigenvalue weighted by molar-refractivity contribution is 7.92. The maximum atomic E-state index is 13.3. The first-order chi connectivity index (χ1) is 14.7. The fraction of sp³-hybridized carbons (Fsp3) is 0.458. The van der Waals surface area contributed by atoms with Gasteiger partial charge in [0, 0.05) is 16.4 Å². The topological polar surface area (TPSA) is 75.3 Å². The van der Waals surface area contributed by atoms with Crippen LogP contribution in [0, 0.1) is 30.1 Å². The van der Waals surface area contributed by atoms with Gasteiger partial charge in [-0.15, -0.1) is 0 Å². The lowest BCUT2D eigenvalue weighted by atomic mass is 9.49. The number of carbonyl (C=O) groups excluding carboxylic acids is 1. The second-order valence-corrected chi connectivity index (χ2v) is 11.8. The standard InChI is InChI=1S/C24H27ClN2O3S/c1-15-2-5-21(11-22(15)31(29,30)27-20-6-3-19(25)4-7-20)26-23(28)24-12-16-8-17(13-24)10-18(9-16)14-24/h2-7,11,16-18,27H,8-10,12-14H2,1H3,(H,26,28). The highest BCUT2D eigenvalue weighted by Gasteiger charge is 2.54. The fourth-order valence-electron chi connectivity index (χ4n) is 6.35. The van der Waals surface area contributed by atoms with Crippen LogP contribution in [0.2, 0.25) is 5.02 Å². The molecule has 7 heteroatoms. The third-order valence-electron chi connectivity index (χ3n) is 7.35. The molecular weight excluding hydrogens is 432 g/mol. The molecule has 4 fully saturated rings. The molecule has 2 N–H and O–H groups in total. The Morgan fingerprint density at radius 1 is 0.935 bits per heavy atom. The number of amides is 1. The van der Waals surface area contributed by atoms with Crippen LogP contribution in [-0.4, -0.2) is 14.3 Å². The molecule has 5 nitrogen and oxygen atoms in total. The minimum atomic E-state index is -3.80. The smallest absolute Gasteiger partial charge is 0.262 e. The van der Waals surface area contributed by atoms with Gasteiger partial charge in [-0.1, -0.05) is 17.7 Å². The van der Waals surface area contributed by atoms with Crippen molar-refractivity contribution in [2.24, 2.45) is 23.2 Å². The summed E-state index contributed by atoms with van der Waals surface area (Å²) in [6.07, 6.45) is 6.74. The van der Waals surface area contributed by atoms with Gasteiger partial charge in [0.05, 0.1) is 10.3 Å². The Hall–Kier alpha value is -2.05. The molecule has 164 valence electrons. The van der Waals surface area contributed by atoms with E-state index in [2.05, 4.69) is 10.0 Å². The molecule has 0 spiro atoms. The van der Waals surface area contributed by atoms with Crippen molar-refractivity contribution in [3.63, 3.8) is 0 Å². The number of halogens is 1. The molecule has 0 aliphatic heterocycles. The van der Waals surface area contributed by atoms with Crippen LogP contribution in [0.5, 0.6) is 0 Å². The van der Waals surface area contributed by atoms with E-state index in [9.17, 15) is 13.2 Å². The largest absolute Gasteiger partial charge is 0.326 e. The van der Waals surface area contributed by atoms with Crippen molar-refractivity contribution < 1.29 is 13.2 Å². The first-order valence-corrected chi connectivity index (χ1v) is 12.8. The molecule has 0 heterocycles. The number of sulfonamides is 1. The molecule has 2 aromatic carbocycles. The predicted octanol–water partition coefficient (Wildman–Crippen LogP) is 5.60. The van der Waals surface area contributed by atoms with Crippen LogP contribution in [0.15, 0.2) is 47.4 Å². The summed E-state index contributed by atoms with van der Waals surface area (Å²) in [6.45, 7) is 1.75. The van der Waals surface area contributed by atoms with E-state index in [4.69, 9.17) is 11.6 Å². The number of benzene rings is 2. The Morgan fingerprint density at radius 2 is 1.48 bits per heavy atom. The Bertz CT molecular complexity index is 1090. The molecule has 4 saturated carbocycles. The normalized spacial score (nSPS) is 29.0. The van der Waals surface area contributed by atoms with E-state index in [1.54, 1.807) is 49.4 Å². The van der Waals surface area contributed by atoms with E-state index < -0.39 is 10.0 Å². The van der Waals surface area contributed by atoms with E-state index in [0.29, 0.717) is 39.7 Å². The molecule has 0 saturated heterocycles. The number of rotatable bonds is 5. The van der Waals surface area contributed by atoms with Gasteiger partial charge >= 0.3 is 0 Å². The Kier molecular flexibility index (Phi) is 5.05. The second kappa shape index (κ2) is 7.52. The zero-order chi connectivity index (χ0) is 21.8. The van der Waals surface area contributed by atoms with Crippen LogP contribution in [-0.2, 0) is 14.8 Å². The van der Waals surface area contributed by atoms with Crippen molar-refractivity contribution in [3.05, 3.63) is 53.1 Å². The lowest BCUT2D eigenvalue weighted by Crippen LogP contribution is -2.51. The number of hydrogen-bond donors (Lipinski definition) is 2. The summed E-state index contributed by atoms with van der Waals surface area (Å²) < 4.78 is 28.6. The molecule has 2 aromatic rings. The predicted molar refractivity (Wildman–Crippen MR) is 123 cm³/mol. The number of hydrogen-bond acceptors (Lipinski definition) is 3. The molecule has 31 heavy (non-hydrogen) atoms. The monoisotopic (exact) mass is 458 g/mol. The van der Waals surface area contributed by atoms with E-state index in [1.807, 2.05) is 0 Å². The minimum Gasteiger partial charge on any atom is -0.326 e. The van der Waals surface area contributed by atoms with Gasteiger partial charge in [0.2, 0.25) is 5.91 Å². The summed E-state index contributed by atoms with van der Waals surface area (Å²) in [7, 11) is -3.80. The summed E-state index contributed by atoms with van der Waals surface area (Å²) in [6, 6.07) is 11.6. The number of anilines is 2. The first-order valence-electron chi connectivity index (χ1n) is 10.9. The third-order valence-corrected chi connectivity index (χ3v) is 9.13. The summed E-state index contributed by atoms with van der Waals surface area (Å²) in [5, 5.41) is 3.60. The molecule has 4 aliphatic rings. The van der Waals surface area contributed by atoms with Gasteiger partial charge < -0.3 is 5.32 Å². The maximum Gasteiger partial charge on any atom is 0.262 e. The summed E-state index contributed by atoms with van der Waals surface area (Å²) in [5.74, 6) is 2.09. The SMILES string of the molecule is Cc1ccc(NC(=O)C23CC4CC(CC(C4)C2)C3)cc1S(=O)(=O)Nc1ccc(Cl)cc1. The van der Waals surface area contributed by atoms with Crippen LogP contribution in [0.3, 0.4) is 0 Å². The van der Waals surface area contributed by atoms with Crippen molar-refractivity contribution in [2.75, 3.05) is 10.0 Å². The molecule has 0 atom stereocenters. The van der Waals surface area contributed by atoms with E-state index in [0.717, 1.165) is 19.3 Å². The van der Waals surface area contributed by atoms with Gasteiger partial charge in [-0.2, -0.15) is 0 Å². The van der Waals surface area contributed by atoms with Gasteiger partial charge in [-0.05, 0) is 105 Å². The molecule has 0 aromatic heterocycles. The van der Waals surface area contributed by atoms with Crippen molar-refractivity contribution in [1.82, 2.24) is 0 Å². The number of carbonyl (C=O) groups is 1. The van der Waals surface area contributed by atoms with Gasteiger partial charge in [-0.3, -0.25) is 9.52 Å². The van der Waals surface area contributed by atoms with Crippen molar-refractivity contribution in [1.29, 1.82) is 0 Å². The Labute approximate surface area is 188 Å². The lowest BCUT2D eigenvalue weighted by Gasteiger charge is -2.55. The lowest BCUT2D eigenvalue weighted by molar-refractivity contribution is -0.140. The molecule has 0 radical (unpaired) electrons. The average molecular weight is 459 g/mol. The van der Waals surface area contributed by atoms with Crippen molar-refractivity contribution >= 4 is 38.9 Å². The van der Waals surface area contributed by atoms with Crippen LogP contribution in [0.1, 0.15) is 44.1 Å². The highest BCUT2D eigenvalue weighted by Crippen LogP contribution is 2.60. The maximum absolute atomic E-state index is 13.3. The van der Waals surface area contributed by atoms with Crippen LogP contribution in [0.25, 0.3) is 0 Å².